The van der Waals surface area contributed by atoms with Crippen molar-refractivity contribution in [1.29, 1.82) is 0 Å². The Labute approximate surface area is 154 Å². The molecule has 0 spiro atoms. The van der Waals surface area contributed by atoms with E-state index in [0.717, 1.165) is 18.4 Å². The molecule has 0 saturated heterocycles. The molecule has 23 heavy (non-hydrogen) atoms. The maximum absolute atomic E-state index is 10.9. The summed E-state index contributed by atoms with van der Waals surface area (Å²) in [5, 5.41) is 0. The third-order valence-electron chi connectivity index (χ3n) is 4.04. The molecule has 0 fully saturated rings. The fourth-order valence-corrected chi connectivity index (χ4v) is 3.12. The van der Waals surface area contributed by atoms with Crippen molar-refractivity contribution in [2.75, 3.05) is 0 Å². The number of aryl methyl sites for hydroxylation is 1. The van der Waals surface area contributed by atoms with E-state index in [2.05, 4.69) is 6.92 Å². The topological polar surface area (TPSA) is 54.4 Å². The van der Waals surface area contributed by atoms with Crippen molar-refractivity contribution in [3.63, 3.8) is 0 Å². The van der Waals surface area contributed by atoms with Crippen LogP contribution in [0.5, 0.6) is 0 Å². The molecule has 0 radical (unpaired) electrons. The van der Waals surface area contributed by atoms with Crippen LogP contribution in [0, 0.1) is 0 Å². The van der Waals surface area contributed by atoms with Crippen LogP contribution in [-0.2, 0) is 36.0 Å². The average Bonchev–Trinajstić information content (AvgIpc) is 2.49. The standard InChI is InChI=1S/C18H30O3S.Zn/c1-2-3-4-5-6-7-8-9-10-11-12-17-13-15-18(16-14-17)22(19,20)21;/h13-16H,2-12H2,1H3,(H,19,20,21);. The van der Waals surface area contributed by atoms with Gasteiger partial charge in [-0.2, -0.15) is 8.42 Å². The maximum Gasteiger partial charge on any atom is 0.294 e. The van der Waals surface area contributed by atoms with Crippen LogP contribution in [0.3, 0.4) is 0 Å². The molecule has 128 valence electrons. The summed E-state index contributed by atoms with van der Waals surface area (Å²) in [5.41, 5.74) is 1.13. The largest absolute Gasteiger partial charge is 0.294 e. The summed E-state index contributed by atoms with van der Waals surface area (Å²) in [7, 11) is -4.06. The Bertz CT molecular complexity index is 498. The van der Waals surface area contributed by atoms with Crippen molar-refractivity contribution in [1.82, 2.24) is 0 Å². The molecule has 0 atom stereocenters. The van der Waals surface area contributed by atoms with Gasteiger partial charge in [-0.3, -0.25) is 4.55 Å². The fourth-order valence-electron chi connectivity index (χ4n) is 2.64. The molecule has 0 aliphatic rings. The quantitative estimate of drug-likeness (QED) is 0.295. The Hall–Kier alpha value is -0.247. The number of benzene rings is 1. The van der Waals surface area contributed by atoms with Gasteiger partial charge in [0.05, 0.1) is 4.90 Å². The van der Waals surface area contributed by atoms with Crippen LogP contribution in [0.4, 0.5) is 0 Å². The van der Waals surface area contributed by atoms with E-state index in [4.69, 9.17) is 4.55 Å². The van der Waals surface area contributed by atoms with Crippen LogP contribution in [-0.4, -0.2) is 13.0 Å². The van der Waals surface area contributed by atoms with Gasteiger partial charge in [0.15, 0.2) is 0 Å². The van der Waals surface area contributed by atoms with Crippen LogP contribution in [0.25, 0.3) is 0 Å². The molecule has 1 N–H and O–H groups in total. The number of unbranched alkanes of at least 4 members (excludes halogenated alkanes) is 9. The molecule has 3 nitrogen and oxygen atoms in total. The molecule has 0 bridgehead atoms. The van der Waals surface area contributed by atoms with E-state index in [1.165, 1.54) is 69.9 Å². The summed E-state index contributed by atoms with van der Waals surface area (Å²) in [6.07, 6.45) is 14.1. The van der Waals surface area contributed by atoms with E-state index in [1.807, 2.05) is 0 Å². The minimum Gasteiger partial charge on any atom is -0.282 e. The predicted octanol–water partition coefficient (Wildman–Crippen LogP) is 5.39. The predicted molar refractivity (Wildman–Crippen MR) is 91.8 cm³/mol. The third-order valence-corrected chi connectivity index (χ3v) is 4.91. The van der Waals surface area contributed by atoms with Crippen molar-refractivity contribution in [2.24, 2.45) is 0 Å². The normalized spacial score (nSPS) is 11.2. The molecular formula is C18H30O3SZn. The third kappa shape index (κ3) is 11.0. The SMILES string of the molecule is CCCCCCCCCCCCc1ccc(S(=O)(=O)O)cc1.[Zn]. The summed E-state index contributed by atoms with van der Waals surface area (Å²) in [6.45, 7) is 2.25. The zero-order valence-electron chi connectivity index (χ0n) is 14.5. The van der Waals surface area contributed by atoms with Crippen LogP contribution >= 0.6 is 0 Å². The minimum atomic E-state index is -4.06. The van der Waals surface area contributed by atoms with Crippen molar-refractivity contribution in [3.8, 4) is 0 Å². The molecule has 0 amide bonds. The minimum absolute atomic E-state index is 0. The van der Waals surface area contributed by atoms with Gasteiger partial charge in [0.1, 0.15) is 0 Å². The van der Waals surface area contributed by atoms with Crippen molar-refractivity contribution >= 4 is 10.1 Å². The van der Waals surface area contributed by atoms with E-state index in [9.17, 15) is 8.42 Å². The van der Waals surface area contributed by atoms with Crippen LogP contribution in [0.15, 0.2) is 29.2 Å². The molecule has 0 aromatic heterocycles. The molecule has 5 heteroatoms. The Kier molecular flexibility index (Phi) is 12.9. The second kappa shape index (κ2) is 13.1. The van der Waals surface area contributed by atoms with Crippen molar-refractivity contribution in [3.05, 3.63) is 29.8 Å². The second-order valence-electron chi connectivity index (χ2n) is 6.05. The first-order valence-electron chi connectivity index (χ1n) is 8.60. The van der Waals surface area contributed by atoms with Crippen LogP contribution in [0.2, 0.25) is 0 Å². The molecule has 1 rings (SSSR count). The zero-order chi connectivity index (χ0) is 16.3. The summed E-state index contributed by atoms with van der Waals surface area (Å²) in [6, 6.07) is 6.52. The van der Waals surface area contributed by atoms with Gasteiger partial charge in [0, 0.05) is 19.5 Å². The van der Waals surface area contributed by atoms with Crippen LogP contribution in [0.1, 0.15) is 76.7 Å². The van der Waals surface area contributed by atoms with Gasteiger partial charge in [-0.15, -0.1) is 0 Å². The molecule has 1 aromatic carbocycles. The first-order valence-corrected chi connectivity index (χ1v) is 10.0. The van der Waals surface area contributed by atoms with E-state index in [0.29, 0.717) is 0 Å². The molecule has 0 heterocycles. The first-order chi connectivity index (χ1) is 10.5. The van der Waals surface area contributed by atoms with E-state index in [-0.39, 0.29) is 24.4 Å². The van der Waals surface area contributed by atoms with Crippen molar-refractivity contribution in [2.45, 2.75) is 82.4 Å². The summed E-state index contributed by atoms with van der Waals surface area (Å²) in [5.74, 6) is 0. The summed E-state index contributed by atoms with van der Waals surface area (Å²) >= 11 is 0. The van der Waals surface area contributed by atoms with E-state index < -0.39 is 10.1 Å². The number of rotatable bonds is 12. The van der Waals surface area contributed by atoms with Crippen LogP contribution < -0.4 is 0 Å². The molecular weight excluding hydrogens is 362 g/mol. The smallest absolute Gasteiger partial charge is 0.282 e. The number of hydrogen-bond donors (Lipinski definition) is 1. The summed E-state index contributed by atoms with van der Waals surface area (Å²) in [4.78, 5) is -0.0284. The van der Waals surface area contributed by atoms with Gasteiger partial charge in [0.2, 0.25) is 0 Å². The second-order valence-corrected chi connectivity index (χ2v) is 7.47. The average molecular weight is 392 g/mol. The molecule has 0 unspecified atom stereocenters. The molecule has 0 saturated carbocycles. The van der Waals surface area contributed by atoms with E-state index in [1.54, 1.807) is 12.1 Å². The van der Waals surface area contributed by atoms with Crippen molar-refractivity contribution < 1.29 is 32.4 Å². The summed E-state index contributed by atoms with van der Waals surface area (Å²) < 4.78 is 30.8. The van der Waals surface area contributed by atoms with Gasteiger partial charge in [0.25, 0.3) is 10.1 Å². The molecule has 1 aromatic rings. The fraction of sp³-hybridized carbons (Fsp3) is 0.667. The molecule has 0 aliphatic carbocycles. The van der Waals surface area contributed by atoms with Gasteiger partial charge in [-0.05, 0) is 30.5 Å². The van der Waals surface area contributed by atoms with Gasteiger partial charge in [-0.25, -0.2) is 0 Å². The van der Waals surface area contributed by atoms with Gasteiger partial charge < -0.3 is 0 Å². The Morgan fingerprint density at radius 3 is 1.65 bits per heavy atom. The van der Waals surface area contributed by atoms with Gasteiger partial charge >= 0.3 is 0 Å². The first kappa shape index (κ1) is 22.8. The number of hydrogen-bond acceptors (Lipinski definition) is 2. The monoisotopic (exact) mass is 390 g/mol. The Morgan fingerprint density at radius 1 is 0.783 bits per heavy atom. The Morgan fingerprint density at radius 2 is 1.22 bits per heavy atom. The molecule has 0 aliphatic heterocycles. The zero-order valence-corrected chi connectivity index (χ0v) is 18.3. The van der Waals surface area contributed by atoms with E-state index >= 15 is 0 Å². The Balaban J connectivity index is 0.00000484. The van der Waals surface area contributed by atoms with Gasteiger partial charge in [-0.1, -0.05) is 76.8 Å². The maximum atomic E-state index is 10.9.